The van der Waals surface area contributed by atoms with Gasteiger partial charge < -0.3 is 5.11 Å². The minimum atomic E-state index is -3.73. The molecule has 0 heterocycles. The molecule has 21 heavy (non-hydrogen) atoms. The van der Waals surface area contributed by atoms with Crippen LogP contribution >= 0.6 is 27.5 Å². The molecule has 110 valence electrons. The van der Waals surface area contributed by atoms with Crippen LogP contribution in [0.5, 0.6) is 5.75 Å². The molecular weight excluding hydrogens is 380 g/mol. The van der Waals surface area contributed by atoms with Crippen molar-refractivity contribution in [1.29, 1.82) is 0 Å². The van der Waals surface area contributed by atoms with Crippen molar-refractivity contribution in [2.24, 2.45) is 5.10 Å². The second kappa shape index (κ2) is 6.46. The molecule has 0 fully saturated rings. The van der Waals surface area contributed by atoms with Gasteiger partial charge in [-0.3, -0.25) is 0 Å². The number of hydrogen-bond acceptors (Lipinski definition) is 4. The van der Waals surface area contributed by atoms with Crippen molar-refractivity contribution in [3.63, 3.8) is 0 Å². The summed E-state index contributed by atoms with van der Waals surface area (Å²) in [5, 5.41) is 13.5. The summed E-state index contributed by atoms with van der Waals surface area (Å²) in [6.07, 6.45) is 1.33. The van der Waals surface area contributed by atoms with Gasteiger partial charge in [-0.2, -0.15) is 13.5 Å². The van der Waals surface area contributed by atoms with Crippen molar-refractivity contribution in [3.8, 4) is 5.75 Å². The SMILES string of the molecule is O=S(=O)(N/N=C/c1ccc(O)c(Br)c1)c1ccc(Cl)cc1. The standard InChI is InChI=1S/C13H10BrClN2O3S/c14-12-7-9(1-6-13(12)18)8-16-17-21(19,20)11-4-2-10(15)3-5-11/h1-8,17-18H/b16-8+. The molecule has 5 nitrogen and oxygen atoms in total. The summed E-state index contributed by atoms with van der Waals surface area (Å²) in [6.45, 7) is 0. The van der Waals surface area contributed by atoms with E-state index >= 15 is 0 Å². The molecule has 0 saturated carbocycles. The van der Waals surface area contributed by atoms with Gasteiger partial charge in [0.25, 0.3) is 10.0 Å². The summed E-state index contributed by atoms with van der Waals surface area (Å²) in [5.41, 5.74) is 0.624. The van der Waals surface area contributed by atoms with Gasteiger partial charge in [-0.15, -0.1) is 0 Å². The van der Waals surface area contributed by atoms with Crippen LogP contribution in [0, 0.1) is 0 Å². The summed E-state index contributed by atoms with van der Waals surface area (Å²) in [7, 11) is -3.73. The van der Waals surface area contributed by atoms with E-state index in [2.05, 4.69) is 25.9 Å². The van der Waals surface area contributed by atoms with Gasteiger partial charge in [-0.1, -0.05) is 11.6 Å². The molecule has 0 atom stereocenters. The number of sulfonamides is 1. The molecule has 0 unspecified atom stereocenters. The molecule has 0 aromatic heterocycles. The Morgan fingerprint density at radius 1 is 1.19 bits per heavy atom. The fourth-order valence-electron chi connectivity index (χ4n) is 1.44. The van der Waals surface area contributed by atoms with Gasteiger partial charge in [0.05, 0.1) is 15.6 Å². The minimum Gasteiger partial charge on any atom is -0.507 e. The number of hydrazone groups is 1. The average molecular weight is 390 g/mol. The lowest BCUT2D eigenvalue weighted by Gasteiger charge is -2.03. The van der Waals surface area contributed by atoms with Crippen LogP contribution < -0.4 is 4.83 Å². The summed E-state index contributed by atoms with van der Waals surface area (Å²) in [6, 6.07) is 10.4. The first-order valence-corrected chi connectivity index (χ1v) is 8.33. The summed E-state index contributed by atoms with van der Waals surface area (Å²) in [4.78, 5) is 2.16. The van der Waals surface area contributed by atoms with E-state index in [-0.39, 0.29) is 10.6 Å². The molecule has 0 aliphatic rings. The van der Waals surface area contributed by atoms with Crippen molar-refractivity contribution in [2.45, 2.75) is 4.90 Å². The van der Waals surface area contributed by atoms with Crippen LogP contribution in [0.1, 0.15) is 5.56 Å². The van der Waals surface area contributed by atoms with Gasteiger partial charge in [0.1, 0.15) is 5.75 Å². The van der Waals surface area contributed by atoms with E-state index in [4.69, 9.17) is 11.6 Å². The van der Waals surface area contributed by atoms with Gasteiger partial charge in [0.2, 0.25) is 0 Å². The number of hydrogen-bond donors (Lipinski definition) is 2. The molecule has 0 saturated heterocycles. The predicted molar refractivity (Wildman–Crippen MR) is 85.2 cm³/mol. The highest BCUT2D eigenvalue weighted by Gasteiger charge is 2.11. The zero-order valence-electron chi connectivity index (χ0n) is 10.5. The monoisotopic (exact) mass is 388 g/mol. The maximum absolute atomic E-state index is 11.9. The van der Waals surface area contributed by atoms with Crippen molar-refractivity contribution in [2.75, 3.05) is 0 Å². The van der Waals surface area contributed by atoms with Crippen LogP contribution in [0.15, 0.2) is 56.9 Å². The molecule has 0 bridgehead atoms. The van der Waals surface area contributed by atoms with Crippen molar-refractivity contribution in [3.05, 3.63) is 57.5 Å². The van der Waals surface area contributed by atoms with Crippen LogP contribution in [0.2, 0.25) is 5.02 Å². The van der Waals surface area contributed by atoms with E-state index in [1.54, 1.807) is 12.1 Å². The van der Waals surface area contributed by atoms with Gasteiger partial charge >= 0.3 is 0 Å². The van der Waals surface area contributed by atoms with Crippen LogP contribution in [-0.2, 0) is 10.0 Å². The van der Waals surface area contributed by atoms with Crippen molar-refractivity contribution >= 4 is 43.8 Å². The fraction of sp³-hybridized carbons (Fsp3) is 0. The minimum absolute atomic E-state index is 0.0657. The highest BCUT2D eigenvalue weighted by molar-refractivity contribution is 9.10. The van der Waals surface area contributed by atoms with Crippen LogP contribution in [0.3, 0.4) is 0 Å². The number of nitrogens with zero attached hydrogens (tertiary/aromatic N) is 1. The molecule has 0 aliphatic heterocycles. The third-order valence-corrected chi connectivity index (χ3v) is 4.61. The third-order valence-electron chi connectivity index (χ3n) is 2.48. The number of aromatic hydroxyl groups is 1. The van der Waals surface area contributed by atoms with Crippen molar-refractivity contribution < 1.29 is 13.5 Å². The zero-order chi connectivity index (χ0) is 15.5. The summed E-state index contributed by atoms with van der Waals surface area (Å²) >= 11 is 8.86. The Kier molecular flexibility index (Phi) is 4.87. The van der Waals surface area contributed by atoms with E-state index in [1.165, 1.54) is 36.5 Å². The largest absolute Gasteiger partial charge is 0.507 e. The number of phenols is 1. The summed E-state index contributed by atoms with van der Waals surface area (Å²) in [5.74, 6) is 0.0916. The third kappa shape index (κ3) is 4.20. The van der Waals surface area contributed by atoms with Crippen molar-refractivity contribution in [1.82, 2.24) is 4.83 Å². The molecule has 2 N–H and O–H groups in total. The molecule has 8 heteroatoms. The number of benzene rings is 2. The molecule has 0 spiro atoms. The van der Waals surface area contributed by atoms with E-state index in [9.17, 15) is 13.5 Å². The van der Waals surface area contributed by atoms with Gasteiger partial charge in [0, 0.05) is 5.02 Å². The lowest BCUT2D eigenvalue weighted by Crippen LogP contribution is -2.18. The van der Waals surface area contributed by atoms with E-state index in [0.717, 1.165) is 0 Å². The lowest BCUT2D eigenvalue weighted by atomic mass is 10.2. The number of rotatable bonds is 4. The number of halogens is 2. The van der Waals surface area contributed by atoms with E-state index in [1.807, 2.05) is 0 Å². The van der Waals surface area contributed by atoms with Gasteiger partial charge in [-0.25, -0.2) is 4.83 Å². The normalized spacial score (nSPS) is 11.7. The molecule has 2 rings (SSSR count). The lowest BCUT2D eigenvalue weighted by molar-refractivity contribution is 0.472. The first-order chi connectivity index (χ1) is 9.88. The van der Waals surface area contributed by atoms with Gasteiger partial charge in [-0.05, 0) is 64.0 Å². The second-order valence-electron chi connectivity index (χ2n) is 4.02. The zero-order valence-corrected chi connectivity index (χ0v) is 13.7. The van der Waals surface area contributed by atoms with E-state index < -0.39 is 10.0 Å². The Balaban J connectivity index is 2.12. The Bertz CT molecular complexity index is 777. The van der Waals surface area contributed by atoms with Crippen LogP contribution in [0.4, 0.5) is 0 Å². The second-order valence-corrected chi connectivity index (χ2v) is 6.97. The molecule has 0 amide bonds. The van der Waals surface area contributed by atoms with Crippen LogP contribution in [-0.4, -0.2) is 19.7 Å². The highest BCUT2D eigenvalue weighted by Crippen LogP contribution is 2.23. The van der Waals surface area contributed by atoms with E-state index in [0.29, 0.717) is 15.1 Å². The number of phenolic OH excluding ortho intramolecular Hbond substituents is 1. The molecular formula is C13H10BrClN2O3S. The molecule has 0 radical (unpaired) electrons. The molecule has 2 aromatic carbocycles. The maximum atomic E-state index is 11.9. The first kappa shape index (κ1) is 15.8. The Morgan fingerprint density at radius 3 is 2.48 bits per heavy atom. The Morgan fingerprint density at radius 2 is 1.86 bits per heavy atom. The number of nitrogens with one attached hydrogen (secondary N) is 1. The quantitative estimate of drug-likeness (QED) is 0.623. The molecule has 0 aliphatic carbocycles. The Labute approximate surface area is 135 Å². The first-order valence-electron chi connectivity index (χ1n) is 5.67. The van der Waals surface area contributed by atoms with Crippen LogP contribution in [0.25, 0.3) is 0 Å². The average Bonchev–Trinajstić information content (AvgIpc) is 2.43. The topological polar surface area (TPSA) is 78.8 Å². The van der Waals surface area contributed by atoms with Gasteiger partial charge in [0.15, 0.2) is 0 Å². The predicted octanol–water partition coefficient (Wildman–Crippen LogP) is 3.12. The smallest absolute Gasteiger partial charge is 0.276 e. The maximum Gasteiger partial charge on any atom is 0.276 e. The highest BCUT2D eigenvalue weighted by atomic mass is 79.9. The fourth-order valence-corrected chi connectivity index (χ4v) is 2.75. The Hall–Kier alpha value is -1.57. The molecule has 2 aromatic rings. The summed E-state index contributed by atoms with van der Waals surface area (Å²) < 4.78 is 24.4.